The molecule has 1 aromatic rings. The van der Waals surface area contributed by atoms with Crippen molar-refractivity contribution < 1.29 is 18.3 Å². The number of carboxylic acid groups (broad SMARTS) is 1. The number of aliphatic carboxylic acids is 1. The molecule has 1 fully saturated rings. The summed E-state index contributed by atoms with van der Waals surface area (Å²) in [6.07, 6.45) is 1.98. The third-order valence-electron chi connectivity index (χ3n) is 3.82. The Balaban J connectivity index is 2.18. The van der Waals surface area contributed by atoms with E-state index in [-0.39, 0.29) is 23.1 Å². The van der Waals surface area contributed by atoms with Crippen LogP contribution in [0.3, 0.4) is 0 Å². The van der Waals surface area contributed by atoms with E-state index < -0.39 is 21.3 Å². The van der Waals surface area contributed by atoms with Crippen molar-refractivity contribution in [3.8, 4) is 0 Å². The number of sulfone groups is 1. The zero-order chi connectivity index (χ0) is 13.7. The van der Waals surface area contributed by atoms with E-state index in [1.165, 1.54) is 6.07 Å². The highest BCUT2D eigenvalue weighted by Crippen LogP contribution is 2.39. The number of carboxylic acids is 1. The zero-order valence-corrected chi connectivity index (χ0v) is 11.1. The van der Waals surface area contributed by atoms with Crippen LogP contribution in [0.1, 0.15) is 24.8 Å². The molecule has 0 spiro atoms. The minimum atomic E-state index is -3.37. The van der Waals surface area contributed by atoms with E-state index in [1.807, 2.05) is 0 Å². The SMILES string of the molecule is O=C(O)C1(NC2CC2)CCS(=O)(=O)c2ccccc21. The summed E-state index contributed by atoms with van der Waals surface area (Å²) in [7, 11) is -3.37. The van der Waals surface area contributed by atoms with Crippen LogP contribution in [0, 0.1) is 0 Å². The van der Waals surface area contributed by atoms with Crippen molar-refractivity contribution in [1.29, 1.82) is 0 Å². The second-order valence-corrected chi connectivity index (χ2v) is 7.27. The molecule has 1 heterocycles. The summed E-state index contributed by atoms with van der Waals surface area (Å²) in [4.78, 5) is 11.9. The van der Waals surface area contributed by atoms with Crippen LogP contribution in [0.15, 0.2) is 29.2 Å². The van der Waals surface area contributed by atoms with Crippen molar-refractivity contribution in [2.75, 3.05) is 5.75 Å². The van der Waals surface area contributed by atoms with Crippen LogP contribution in [0.4, 0.5) is 0 Å². The molecule has 0 saturated heterocycles. The van der Waals surface area contributed by atoms with Gasteiger partial charge in [-0.3, -0.25) is 5.32 Å². The molecule has 0 radical (unpaired) electrons. The molecule has 1 unspecified atom stereocenters. The lowest BCUT2D eigenvalue weighted by Crippen LogP contribution is -2.53. The summed E-state index contributed by atoms with van der Waals surface area (Å²) in [6.45, 7) is 0. The van der Waals surface area contributed by atoms with Gasteiger partial charge in [-0.05, 0) is 25.3 Å². The molecule has 1 aromatic carbocycles. The average molecular weight is 281 g/mol. The Bertz CT molecular complexity index is 636. The quantitative estimate of drug-likeness (QED) is 0.860. The van der Waals surface area contributed by atoms with Gasteiger partial charge in [0.25, 0.3) is 0 Å². The summed E-state index contributed by atoms with van der Waals surface area (Å²) in [5.74, 6) is -1.13. The second kappa shape index (κ2) is 4.05. The van der Waals surface area contributed by atoms with Gasteiger partial charge in [0, 0.05) is 11.6 Å². The maximum atomic E-state index is 12.1. The number of hydrogen-bond donors (Lipinski definition) is 2. The number of benzene rings is 1. The van der Waals surface area contributed by atoms with Crippen molar-refractivity contribution >= 4 is 15.8 Å². The Morgan fingerprint density at radius 1 is 1.32 bits per heavy atom. The number of rotatable bonds is 3. The van der Waals surface area contributed by atoms with Gasteiger partial charge in [0.2, 0.25) is 0 Å². The van der Waals surface area contributed by atoms with Crippen molar-refractivity contribution in [3.05, 3.63) is 29.8 Å². The molecule has 19 heavy (non-hydrogen) atoms. The fourth-order valence-corrected chi connectivity index (χ4v) is 4.29. The highest BCUT2D eigenvalue weighted by atomic mass is 32.2. The van der Waals surface area contributed by atoms with Crippen LogP contribution in [0.2, 0.25) is 0 Å². The van der Waals surface area contributed by atoms with Gasteiger partial charge in [-0.25, -0.2) is 13.2 Å². The number of fused-ring (bicyclic) bond motifs is 1. The molecule has 0 aromatic heterocycles. The Hall–Kier alpha value is -1.40. The third-order valence-corrected chi connectivity index (χ3v) is 5.59. The van der Waals surface area contributed by atoms with E-state index in [0.717, 1.165) is 12.8 Å². The van der Waals surface area contributed by atoms with E-state index in [1.54, 1.807) is 18.2 Å². The Kier molecular flexibility index (Phi) is 2.69. The summed E-state index contributed by atoms with van der Waals surface area (Å²) >= 11 is 0. The molecule has 0 bridgehead atoms. The minimum Gasteiger partial charge on any atom is -0.480 e. The maximum absolute atomic E-state index is 12.1. The third kappa shape index (κ3) is 1.95. The molecule has 3 rings (SSSR count). The smallest absolute Gasteiger partial charge is 0.328 e. The van der Waals surface area contributed by atoms with E-state index >= 15 is 0 Å². The van der Waals surface area contributed by atoms with Gasteiger partial charge in [0.1, 0.15) is 5.54 Å². The number of carbonyl (C=O) groups is 1. The van der Waals surface area contributed by atoms with Crippen molar-refractivity contribution in [2.24, 2.45) is 0 Å². The normalized spacial score (nSPS) is 28.6. The van der Waals surface area contributed by atoms with Crippen LogP contribution in [0.5, 0.6) is 0 Å². The van der Waals surface area contributed by atoms with Gasteiger partial charge >= 0.3 is 5.97 Å². The van der Waals surface area contributed by atoms with E-state index in [9.17, 15) is 18.3 Å². The fourth-order valence-electron chi connectivity index (χ4n) is 2.63. The van der Waals surface area contributed by atoms with Crippen LogP contribution in [-0.2, 0) is 20.2 Å². The standard InChI is InChI=1S/C13H15NO4S/c15-12(16)13(14-9-5-6-9)7-8-19(17,18)11-4-2-1-3-10(11)13/h1-4,9,14H,5-8H2,(H,15,16). The predicted octanol–water partition coefficient (Wildman–Crippen LogP) is 0.896. The van der Waals surface area contributed by atoms with Gasteiger partial charge in [0.15, 0.2) is 9.84 Å². The first kappa shape index (κ1) is 12.6. The molecular weight excluding hydrogens is 266 g/mol. The minimum absolute atomic E-state index is 0.0815. The van der Waals surface area contributed by atoms with Gasteiger partial charge < -0.3 is 5.11 Å². The molecule has 6 heteroatoms. The van der Waals surface area contributed by atoms with Crippen molar-refractivity contribution in [3.63, 3.8) is 0 Å². The summed E-state index contributed by atoms with van der Waals surface area (Å²) in [5, 5.41) is 12.8. The van der Waals surface area contributed by atoms with Crippen LogP contribution >= 0.6 is 0 Å². The second-order valence-electron chi connectivity index (χ2n) is 5.19. The molecule has 102 valence electrons. The largest absolute Gasteiger partial charge is 0.480 e. The number of hydrogen-bond acceptors (Lipinski definition) is 4. The number of nitrogens with one attached hydrogen (secondary N) is 1. The topological polar surface area (TPSA) is 83.5 Å². The average Bonchev–Trinajstić information content (AvgIpc) is 3.17. The van der Waals surface area contributed by atoms with Gasteiger partial charge in [-0.15, -0.1) is 0 Å². The van der Waals surface area contributed by atoms with Gasteiger partial charge in [-0.2, -0.15) is 0 Å². The van der Waals surface area contributed by atoms with Crippen molar-refractivity contribution in [2.45, 2.75) is 35.7 Å². The first-order valence-electron chi connectivity index (χ1n) is 6.29. The lowest BCUT2D eigenvalue weighted by molar-refractivity contribution is -0.145. The highest BCUT2D eigenvalue weighted by molar-refractivity contribution is 7.91. The Labute approximate surface area is 111 Å². The van der Waals surface area contributed by atoms with E-state index in [0.29, 0.717) is 5.56 Å². The first-order valence-corrected chi connectivity index (χ1v) is 7.94. The van der Waals surface area contributed by atoms with E-state index in [4.69, 9.17) is 0 Å². The van der Waals surface area contributed by atoms with Gasteiger partial charge in [-0.1, -0.05) is 18.2 Å². The summed E-state index contributed by atoms with van der Waals surface area (Å²) < 4.78 is 24.1. The summed E-state index contributed by atoms with van der Waals surface area (Å²) in [6, 6.07) is 6.60. The van der Waals surface area contributed by atoms with Crippen LogP contribution in [0.25, 0.3) is 0 Å². The molecule has 1 aliphatic heterocycles. The fraction of sp³-hybridized carbons (Fsp3) is 0.462. The highest BCUT2D eigenvalue weighted by Gasteiger charge is 2.49. The van der Waals surface area contributed by atoms with Crippen molar-refractivity contribution in [1.82, 2.24) is 5.32 Å². The van der Waals surface area contributed by atoms with Gasteiger partial charge in [0.05, 0.1) is 10.6 Å². The maximum Gasteiger partial charge on any atom is 0.328 e. The first-order chi connectivity index (χ1) is 8.96. The molecule has 1 aliphatic carbocycles. The molecule has 5 nitrogen and oxygen atoms in total. The lowest BCUT2D eigenvalue weighted by Gasteiger charge is -2.36. The van der Waals surface area contributed by atoms with Crippen LogP contribution in [-0.4, -0.2) is 31.3 Å². The molecule has 1 atom stereocenters. The molecule has 2 N–H and O–H groups in total. The molecular formula is C13H15NO4S. The lowest BCUT2D eigenvalue weighted by atomic mass is 9.86. The van der Waals surface area contributed by atoms with E-state index in [2.05, 4.69) is 5.32 Å². The molecule has 0 amide bonds. The Morgan fingerprint density at radius 3 is 2.63 bits per heavy atom. The molecule has 2 aliphatic rings. The Morgan fingerprint density at radius 2 is 2.00 bits per heavy atom. The monoisotopic (exact) mass is 281 g/mol. The van der Waals surface area contributed by atoms with Crippen LogP contribution < -0.4 is 5.32 Å². The summed E-state index contributed by atoms with van der Waals surface area (Å²) in [5.41, 5.74) is -0.885. The predicted molar refractivity (Wildman–Crippen MR) is 68.6 cm³/mol. The zero-order valence-electron chi connectivity index (χ0n) is 10.3. The molecule has 1 saturated carbocycles.